The van der Waals surface area contributed by atoms with E-state index in [0.717, 1.165) is 22.6 Å². The van der Waals surface area contributed by atoms with Gasteiger partial charge in [-0.1, -0.05) is 12.1 Å². The van der Waals surface area contributed by atoms with Gasteiger partial charge in [0, 0.05) is 11.5 Å². The van der Waals surface area contributed by atoms with Crippen molar-refractivity contribution in [2.24, 2.45) is 5.92 Å². The molecular formula is C21H20O6. The summed E-state index contributed by atoms with van der Waals surface area (Å²) < 4.78 is 26.7. The van der Waals surface area contributed by atoms with Crippen molar-refractivity contribution in [1.82, 2.24) is 0 Å². The van der Waals surface area contributed by atoms with Gasteiger partial charge in [-0.25, -0.2) is 4.79 Å². The van der Waals surface area contributed by atoms with Gasteiger partial charge in [0.05, 0.1) is 20.8 Å². The van der Waals surface area contributed by atoms with Crippen molar-refractivity contribution in [1.29, 1.82) is 0 Å². The van der Waals surface area contributed by atoms with Gasteiger partial charge in [-0.05, 0) is 47.9 Å². The Hall–Kier alpha value is -3.15. The van der Waals surface area contributed by atoms with Gasteiger partial charge in [-0.3, -0.25) is 0 Å². The molecule has 2 aliphatic heterocycles. The number of ether oxygens (including phenoxy) is 5. The molecule has 0 spiro atoms. The molecule has 6 nitrogen and oxygen atoms in total. The van der Waals surface area contributed by atoms with Crippen LogP contribution in [0, 0.1) is 5.92 Å². The molecule has 4 rings (SSSR count). The first kappa shape index (κ1) is 17.3. The Morgan fingerprint density at radius 1 is 1.00 bits per heavy atom. The van der Waals surface area contributed by atoms with Crippen molar-refractivity contribution >= 4 is 12.0 Å². The maximum Gasteiger partial charge on any atom is 0.334 e. The van der Waals surface area contributed by atoms with Gasteiger partial charge in [0.15, 0.2) is 23.0 Å². The highest BCUT2D eigenvalue weighted by Crippen LogP contribution is 2.35. The van der Waals surface area contributed by atoms with E-state index < -0.39 is 0 Å². The lowest BCUT2D eigenvalue weighted by atomic mass is 9.92. The standard InChI is InChI=1S/C21H20O6/c1-23-17-5-3-14(9-19(17)24-2)8-16-15(11-25-21(16)22)7-13-4-6-18-20(10-13)27-12-26-18/h3-6,8-10,15H,7,11-12H2,1-2H3. The number of carbonyl (C=O) groups excluding carboxylic acids is 1. The van der Waals surface area contributed by atoms with E-state index in [1.54, 1.807) is 14.2 Å². The maximum absolute atomic E-state index is 12.3. The SMILES string of the molecule is COc1ccc(C=C2C(=O)OCC2Cc2ccc3c(c2)OCO3)cc1OC. The summed E-state index contributed by atoms with van der Waals surface area (Å²) in [5.74, 6) is 2.44. The number of hydrogen-bond acceptors (Lipinski definition) is 6. The zero-order chi connectivity index (χ0) is 18.8. The molecule has 140 valence electrons. The van der Waals surface area contributed by atoms with Crippen molar-refractivity contribution in [3.8, 4) is 23.0 Å². The maximum atomic E-state index is 12.3. The second-order valence-electron chi connectivity index (χ2n) is 6.40. The minimum atomic E-state index is -0.282. The minimum Gasteiger partial charge on any atom is -0.493 e. The van der Waals surface area contributed by atoms with Crippen LogP contribution >= 0.6 is 0 Å². The lowest BCUT2D eigenvalue weighted by Gasteiger charge is -2.11. The summed E-state index contributed by atoms with van der Waals surface area (Å²) in [6, 6.07) is 11.4. The van der Waals surface area contributed by atoms with Gasteiger partial charge in [-0.15, -0.1) is 0 Å². The summed E-state index contributed by atoms with van der Waals surface area (Å²) in [6.07, 6.45) is 2.54. The first-order chi connectivity index (χ1) is 13.2. The molecule has 2 aliphatic rings. The monoisotopic (exact) mass is 368 g/mol. The second-order valence-corrected chi connectivity index (χ2v) is 6.40. The normalized spacial score (nSPS) is 19.3. The van der Waals surface area contributed by atoms with E-state index in [0.29, 0.717) is 30.1 Å². The van der Waals surface area contributed by atoms with Crippen LogP contribution in [0.5, 0.6) is 23.0 Å². The van der Waals surface area contributed by atoms with E-state index in [1.807, 2.05) is 42.5 Å². The number of fused-ring (bicyclic) bond motifs is 1. The molecule has 2 aromatic carbocycles. The number of methoxy groups -OCH3 is 2. The fourth-order valence-electron chi connectivity index (χ4n) is 3.34. The Morgan fingerprint density at radius 2 is 1.81 bits per heavy atom. The number of carbonyl (C=O) groups is 1. The molecule has 6 heteroatoms. The molecule has 2 heterocycles. The van der Waals surface area contributed by atoms with Crippen LogP contribution in [0.25, 0.3) is 6.08 Å². The van der Waals surface area contributed by atoms with Gasteiger partial charge in [-0.2, -0.15) is 0 Å². The van der Waals surface area contributed by atoms with Crippen LogP contribution in [0.1, 0.15) is 11.1 Å². The highest BCUT2D eigenvalue weighted by Gasteiger charge is 2.31. The summed E-state index contributed by atoms with van der Waals surface area (Å²) in [6.45, 7) is 0.612. The number of rotatable bonds is 5. The predicted molar refractivity (Wildman–Crippen MR) is 98.2 cm³/mol. The number of benzene rings is 2. The Labute approximate surface area is 157 Å². The largest absolute Gasteiger partial charge is 0.493 e. The van der Waals surface area contributed by atoms with E-state index in [2.05, 4.69) is 0 Å². The fraction of sp³-hybridized carbons (Fsp3) is 0.286. The molecule has 0 radical (unpaired) electrons. The Morgan fingerprint density at radius 3 is 2.63 bits per heavy atom. The Bertz CT molecular complexity index is 902. The van der Waals surface area contributed by atoms with Crippen molar-refractivity contribution in [2.75, 3.05) is 27.6 Å². The van der Waals surface area contributed by atoms with Gasteiger partial charge < -0.3 is 23.7 Å². The average molecular weight is 368 g/mol. The smallest absolute Gasteiger partial charge is 0.334 e. The van der Waals surface area contributed by atoms with Crippen LogP contribution in [0.3, 0.4) is 0 Å². The number of esters is 1. The van der Waals surface area contributed by atoms with E-state index in [1.165, 1.54) is 0 Å². The highest BCUT2D eigenvalue weighted by molar-refractivity contribution is 5.96. The van der Waals surface area contributed by atoms with E-state index in [9.17, 15) is 4.79 Å². The first-order valence-corrected chi connectivity index (χ1v) is 8.67. The van der Waals surface area contributed by atoms with Crippen LogP contribution in [-0.4, -0.2) is 33.6 Å². The highest BCUT2D eigenvalue weighted by atomic mass is 16.7. The van der Waals surface area contributed by atoms with Crippen molar-refractivity contribution in [2.45, 2.75) is 6.42 Å². The van der Waals surface area contributed by atoms with Crippen molar-refractivity contribution < 1.29 is 28.5 Å². The van der Waals surface area contributed by atoms with Crippen LogP contribution in [0.2, 0.25) is 0 Å². The summed E-state index contributed by atoms with van der Waals surface area (Å²) in [7, 11) is 3.17. The number of hydrogen-bond donors (Lipinski definition) is 0. The average Bonchev–Trinajstić information content (AvgIpc) is 3.29. The molecule has 0 aliphatic carbocycles. The molecule has 0 bridgehead atoms. The zero-order valence-corrected chi connectivity index (χ0v) is 15.2. The summed E-state index contributed by atoms with van der Waals surface area (Å²) in [5.41, 5.74) is 2.58. The lowest BCUT2D eigenvalue weighted by Crippen LogP contribution is -2.07. The van der Waals surface area contributed by atoms with Crippen molar-refractivity contribution in [3.63, 3.8) is 0 Å². The van der Waals surface area contributed by atoms with Crippen molar-refractivity contribution in [3.05, 3.63) is 53.1 Å². The van der Waals surface area contributed by atoms with Gasteiger partial charge >= 0.3 is 5.97 Å². The summed E-state index contributed by atoms with van der Waals surface area (Å²) >= 11 is 0. The van der Waals surface area contributed by atoms with Crippen LogP contribution in [-0.2, 0) is 16.0 Å². The molecule has 2 aromatic rings. The molecule has 27 heavy (non-hydrogen) atoms. The molecule has 1 saturated heterocycles. The summed E-state index contributed by atoms with van der Waals surface area (Å²) in [5, 5.41) is 0. The molecule has 1 unspecified atom stereocenters. The Balaban J connectivity index is 1.59. The molecule has 0 amide bonds. The Kier molecular flexibility index (Phi) is 4.62. The molecule has 0 aromatic heterocycles. The molecule has 1 atom stereocenters. The number of cyclic esters (lactones) is 1. The molecular weight excluding hydrogens is 348 g/mol. The predicted octanol–water partition coefficient (Wildman–Crippen LogP) is 3.23. The van der Waals surface area contributed by atoms with E-state index in [4.69, 9.17) is 23.7 Å². The van der Waals surface area contributed by atoms with Crippen LogP contribution in [0.15, 0.2) is 42.0 Å². The van der Waals surface area contributed by atoms with Gasteiger partial charge in [0.2, 0.25) is 6.79 Å². The second kappa shape index (κ2) is 7.23. The topological polar surface area (TPSA) is 63.2 Å². The first-order valence-electron chi connectivity index (χ1n) is 8.67. The fourth-order valence-corrected chi connectivity index (χ4v) is 3.34. The third-order valence-electron chi connectivity index (χ3n) is 4.74. The van der Waals surface area contributed by atoms with Crippen LogP contribution < -0.4 is 18.9 Å². The van der Waals surface area contributed by atoms with E-state index in [-0.39, 0.29) is 18.7 Å². The molecule has 0 saturated carbocycles. The molecule has 0 N–H and O–H groups in total. The van der Waals surface area contributed by atoms with Gasteiger partial charge in [0.25, 0.3) is 0 Å². The third-order valence-corrected chi connectivity index (χ3v) is 4.74. The molecule has 1 fully saturated rings. The van der Waals surface area contributed by atoms with Crippen LogP contribution in [0.4, 0.5) is 0 Å². The lowest BCUT2D eigenvalue weighted by molar-refractivity contribution is -0.135. The summed E-state index contributed by atoms with van der Waals surface area (Å²) in [4.78, 5) is 12.3. The zero-order valence-electron chi connectivity index (χ0n) is 15.2. The third kappa shape index (κ3) is 3.43. The quantitative estimate of drug-likeness (QED) is 0.596. The van der Waals surface area contributed by atoms with Gasteiger partial charge in [0.1, 0.15) is 0 Å². The minimum absolute atomic E-state index is 0.0223. The van der Waals surface area contributed by atoms with E-state index >= 15 is 0 Å².